The van der Waals surface area contributed by atoms with Crippen LogP contribution in [0.3, 0.4) is 0 Å². The number of thioether (sulfide) groups is 1. The van der Waals surface area contributed by atoms with Crippen LogP contribution in [0.25, 0.3) is 0 Å². The molecule has 178 valence electrons. The van der Waals surface area contributed by atoms with Gasteiger partial charge < -0.3 is 20.4 Å². The minimum atomic E-state index is -0.667. The van der Waals surface area contributed by atoms with Crippen LogP contribution >= 0.6 is 23.1 Å². The Bertz CT molecular complexity index is 1240. The molecule has 34 heavy (non-hydrogen) atoms. The molecule has 0 saturated heterocycles. The van der Waals surface area contributed by atoms with E-state index in [0.717, 1.165) is 23.6 Å². The molecular formula is C23H25N5O4S2. The zero-order valence-electron chi connectivity index (χ0n) is 19.0. The minimum absolute atomic E-state index is 0.0639. The average molecular weight is 500 g/mol. The zero-order chi connectivity index (χ0) is 24.4. The second kappa shape index (κ2) is 9.98. The van der Waals surface area contributed by atoms with E-state index >= 15 is 0 Å². The van der Waals surface area contributed by atoms with Crippen LogP contribution in [0.15, 0.2) is 35.5 Å². The van der Waals surface area contributed by atoms with Crippen molar-refractivity contribution in [2.24, 2.45) is 5.73 Å². The number of primary amides is 1. The Balaban J connectivity index is 1.44. The summed E-state index contributed by atoms with van der Waals surface area (Å²) >= 11 is 2.23. The molecule has 9 nitrogen and oxygen atoms in total. The molecule has 2 unspecified atom stereocenters. The Morgan fingerprint density at radius 2 is 1.97 bits per heavy atom. The van der Waals surface area contributed by atoms with Crippen molar-refractivity contribution < 1.29 is 19.1 Å². The molecule has 0 radical (unpaired) electrons. The Morgan fingerprint density at radius 3 is 2.62 bits per heavy atom. The summed E-state index contributed by atoms with van der Waals surface area (Å²) in [6.07, 6.45) is 1.03. The van der Waals surface area contributed by atoms with E-state index in [-0.39, 0.29) is 27.1 Å². The molecule has 1 aliphatic rings. The number of amides is 2. The van der Waals surface area contributed by atoms with Gasteiger partial charge in [-0.15, -0.1) is 21.5 Å². The van der Waals surface area contributed by atoms with Crippen LogP contribution in [0.2, 0.25) is 0 Å². The lowest BCUT2D eigenvalue weighted by Gasteiger charge is -2.08. The highest BCUT2D eigenvalue weighted by molar-refractivity contribution is 7.99. The first-order chi connectivity index (χ1) is 16.3. The molecule has 2 amide bonds. The van der Waals surface area contributed by atoms with Crippen LogP contribution in [-0.4, -0.2) is 45.4 Å². The van der Waals surface area contributed by atoms with E-state index in [4.69, 9.17) is 10.5 Å². The van der Waals surface area contributed by atoms with Gasteiger partial charge in [0.2, 0.25) is 5.91 Å². The van der Waals surface area contributed by atoms with Gasteiger partial charge in [0, 0.05) is 12.5 Å². The Morgan fingerprint density at radius 1 is 1.24 bits per heavy atom. The van der Waals surface area contributed by atoms with E-state index in [0.29, 0.717) is 29.1 Å². The number of carbonyl (C=O) groups excluding carboxylic acids is 3. The van der Waals surface area contributed by atoms with Crippen molar-refractivity contribution in [1.82, 2.24) is 14.8 Å². The van der Waals surface area contributed by atoms with Crippen molar-refractivity contribution in [2.75, 3.05) is 18.2 Å². The fourth-order valence-corrected chi connectivity index (χ4v) is 5.88. The monoisotopic (exact) mass is 499 g/mol. The SMILES string of the molecule is CCn1c(SCC(=O)Nc2sc(C(N)=O)c(C)c2C(=O)OC)nnc1C1CC1c1ccccc1. The highest BCUT2D eigenvalue weighted by Crippen LogP contribution is 2.54. The molecule has 11 heteroatoms. The Labute approximate surface area is 205 Å². The molecule has 1 aliphatic carbocycles. The van der Waals surface area contributed by atoms with Gasteiger partial charge in [-0.2, -0.15) is 0 Å². The fraction of sp³-hybridized carbons (Fsp3) is 0.348. The standard InChI is InChI=1S/C23H25N5O4S2/c1-4-28-20(15-10-14(15)13-8-6-5-7-9-13)26-27-23(28)33-11-16(29)25-21-17(22(31)32-3)12(2)18(34-21)19(24)30/h5-9,14-15H,4,10-11H2,1-3H3,(H2,24,30)(H,25,29). The van der Waals surface area contributed by atoms with E-state index in [1.54, 1.807) is 6.92 Å². The number of carbonyl (C=O) groups is 3. The molecule has 3 N–H and O–H groups in total. The maximum absolute atomic E-state index is 12.7. The molecular weight excluding hydrogens is 474 g/mol. The fourth-order valence-electron chi connectivity index (χ4n) is 4.00. The molecule has 0 bridgehead atoms. The number of thiophene rings is 1. The van der Waals surface area contributed by atoms with Crippen LogP contribution in [0.5, 0.6) is 0 Å². The van der Waals surface area contributed by atoms with E-state index in [1.807, 2.05) is 29.7 Å². The van der Waals surface area contributed by atoms with Crippen LogP contribution < -0.4 is 11.1 Å². The third kappa shape index (κ3) is 4.71. The lowest BCUT2D eigenvalue weighted by Crippen LogP contribution is -2.16. The van der Waals surface area contributed by atoms with Gasteiger partial charge in [-0.25, -0.2) is 4.79 Å². The van der Waals surface area contributed by atoms with Crippen molar-refractivity contribution in [3.05, 3.63) is 57.7 Å². The Kier molecular flexibility index (Phi) is 7.03. The number of benzene rings is 1. The van der Waals surface area contributed by atoms with E-state index in [2.05, 4.69) is 27.6 Å². The molecule has 1 fully saturated rings. The minimum Gasteiger partial charge on any atom is -0.465 e. The summed E-state index contributed by atoms with van der Waals surface area (Å²) in [6.45, 7) is 4.32. The van der Waals surface area contributed by atoms with Crippen LogP contribution in [-0.2, 0) is 16.1 Å². The van der Waals surface area contributed by atoms with E-state index < -0.39 is 11.9 Å². The zero-order valence-corrected chi connectivity index (χ0v) is 20.7. The molecule has 0 aliphatic heterocycles. The van der Waals surface area contributed by atoms with Gasteiger partial charge in [0.25, 0.3) is 5.91 Å². The van der Waals surface area contributed by atoms with Crippen LogP contribution in [0.1, 0.15) is 62.2 Å². The number of aromatic nitrogens is 3. The number of anilines is 1. The molecule has 0 spiro atoms. The van der Waals surface area contributed by atoms with Crippen molar-refractivity contribution in [3.8, 4) is 0 Å². The highest BCUT2D eigenvalue weighted by Gasteiger charge is 2.43. The van der Waals surface area contributed by atoms with Gasteiger partial charge in [0.1, 0.15) is 10.8 Å². The second-order valence-corrected chi connectivity index (χ2v) is 9.86. The van der Waals surface area contributed by atoms with Gasteiger partial charge in [-0.05, 0) is 37.3 Å². The first kappa shape index (κ1) is 24.0. The number of methoxy groups -OCH3 is 1. The predicted molar refractivity (Wildman–Crippen MR) is 131 cm³/mol. The summed E-state index contributed by atoms with van der Waals surface area (Å²) < 4.78 is 6.85. The number of nitrogens with zero attached hydrogens (tertiary/aromatic N) is 3. The highest BCUT2D eigenvalue weighted by atomic mass is 32.2. The lowest BCUT2D eigenvalue weighted by molar-refractivity contribution is -0.113. The Hall–Kier alpha value is -3.18. The van der Waals surface area contributed by atoms with Crippen LogP contribution in [0.4, 0.5) is 5.00 Å². The summed E-state index contributed by atoms with van der Waals surface area (Å²) in [5.74, 6) is 0.114. The van der Waals surface area contributed by atoms with Crippen molar-refractivity contribution >= 4 is 45.9 Å². The van der Waals surface area contributed by atoms with Gasteiger partial charge in [0.15, 0.2) is 5.16 Å². The second-order valence-electron chi connectivity index (χ2n) is 7.90. The molecule has 1 aromatic carbocycles. The van der Waals surface area contributed by atoms with Gasteiger partial charge in [-0.1, -0.05) is 42.1 Å². The number of esters is 1. The molecule has 2 heterocycles. The molecule has 2 atom stereocenters. The smallest absolute Gasteiger partial charge is 0.341 e. The quantitative estimate of drug-likeness (QED) is 0.340. The van der Waals surface area contributed by atoms with Crippen molar-refractivity contribution in [2.45, 2.75) is 43.8 Å². The number of nitrogens with two attached hydrogens (primary N) is 1. The maximum atomic E-state index is 12.7. The third-order valence-electron chi connectivity index (χ3n) is 5.76. The topological polar surface area (TPSA) is 129 Å². The van der Waals surface area contributed by atoms with Gasteiger partial charge >= 0.3 is 5.97 Å². The molecule has 1 saturated carbocycles. The van der Waals surface area contributed by atoms with Crippen molar-refractivity contribution in [3.63, 3.8) is 0 Å². The lowest BCUT2D eigenvalue weighted by atomic mass is 10.1. The average Bonchev–Trinajstić information content (AvgIpc) is 3.41. The molecule has 3 aromatic rings. The molecule has 2 aromatic heterocycles. The summed E-state index contributed by atoms with van der Waals surface area (Å²) in [4.78, 5) is 36.8. The van der Waals surface area contributed by atoms with E-state index in [9.17, 15) is 14.4 Å². The first-order valence-electron chi connectivity index (χ1n) is 10.8. The number of nitrogens with one attached hydrogen (secondary N) is 1. The summed E-state index contributed by atoms with van der Waals surface area (Å²) in [5.41, 5.74) is 7.23. The predicted octanol–water partition coefficient (Wildman–Crippen LogP) is 3.56. The summed E-state index contributed by atoms with van der Waals surface area (Å²) in [5, 5.41) is 12.4. The third-order valence-corrected chi connectivity index (χ3v) is 7.95. The largest absolute Gasteiger partial charge is 0.465 e. The first-order valence-corrected chi connectivity index (χ1v) is 12.6. The molecule has 4 rings (SSSR count). The summed E-state index contributed by atoms with van der Waals surface area (Å²) in [7, 11) is 1.24. The normalized spacial score (nSPS) is 16.8. The van der Waals surface area contributed by atoms with Gasteiger partial charge in [0.05, 0.1) is 23.3 Å². The van der Waals surface area contributed by atoms with E-state index in [1.165, 1.54) is 24.4 Å². The number of rotatable bonds is 9. The van der Waals surface area contributed by atoms with Gasteiger partial charge in [-0.3, -0.25) is 9.59 Å². The van der Waals surface area contributed by atoms with Crippen LogP contribution in [0, 0.1) is 6.92 Å². The summed E-state index contributed by atoms with van der Waals surface area (Å²) in [6, 6.07) is 10.4. The number of hydrogen-bond acceptors (Lipinski definition) is 8. The van der Waals surface area contributed by atoms with Crippen molar-refractivity contribution in [1.29, 1.82) is 0 Å². The maximum Gasteiger partial charge on any atom is 0.341 e. The number of ether oxygens (including phenoxy) is 1. The number of hydrogen-bond donors (Lipinski definition) is 2.